The smallest absolute Gasteiger partial charge is 0.127 e. The largest absolute Gasteiger partial charge is 0.489 e. The van der Waals surface area contributed by atoms with E-state index in [0.717, 1.165) is 11.3 Å². The summed E-state index contributed by atoms with van der Waals surface area (Å²) in [6.07, 6.45) is 0. The predicted octanol–water partition coefficient (Wildman–Crippen LogP) is 3.17. The Morgan fingerprint density at radius 3 is 2.50 bits per heavy atom. The fourth-order valence-electron chi connectivity index (χ4n) is 1.68. The summed E-state index contributed by atoms with van der Waals surface area (Å²) in [5, 5.41) is 0. The number of hydrogen-bond donors (Lipinski definition) is 1. The van der Waals surface area contributed by atoms with Gasteiger partial charge in [-0.2, -0.15) is 0 Å². The molecule has 3 heteroatoms. The molecule has 0 spiro atoms. The lowest BCUT2D eigenvalue weighted by molar-refractivity contribution is 0.306. The van der Waals surface area contributed by atoms with E-state index in [0.29, 0.717) is 12.2 Å². The topological polar surface area (TPSA) is 35.2 Å². The Kier molecular flexibility index (Phi) is 3.95. The molecule has 2 aromatic rings. The maximum atomic E-state index is 13.3. The monoisotopic (exact) mass is 245 g/mol. The third-order valence-corrected chi connectivity index (χ3v) is 2.76. The third-order valence-electron chi connectivity index (χ3n) is 2.76. The molecule has 0 aliphatic rings. The molecule has 2 nitrogen and oxygen atoms in total. The molecule has 0 radical (unpaired) electrons. The normalized spacial score (nSPS) is 10.4. The third kappa shape index (κ3) is 3.08. The van der Waals surface area contributed by atoms with Crippen molar-refractivity contribution in [1.82, 2.24) is 0 Å². The van der Waals surface area contributed by atoms with E-state index >= 15 is 0 Å². The van der Waals surface area contributed by atoms with Crippen molar-refractivity contribution in [2.75, 3.05) is 0 Å². The van der Waals surface area contributed by atoms with Crippen LogP contribution in [0.3, 0.4) is 0 Å². The van der Waals surface area contributed by atoms with Crippen molar-refractivity contribution in [2.45, 2.75) is 20.1 Å². The van der Waals surface area contributed by atoms with Gasteiger partial charge in [-0.3, -0.25) is 0 Å². The number of benzene rings is 2. The molecule has 0 aromatic heterocycles. The molecule has 0 saturated carbocycles. The molecule has 18 heavy (non-hydrogen) atoms. The van der Waals surface area contributed by atoms with Gasteiger partial charge in [-0.05, 0) is 36.8 Å². The molecule has 0 atom stereocenters. The maximum absolute atomic E-state index is 13.3. The number of aryl methyl sites for hydroxylation is 1. The molecule has 0 heterocycles. The van der Waals surface area contributed by atoms with E-state index in [1.54, 1.807) is 12.1 Å². The van der Waals surface area contributed by atoms with Crippen LogP contribution < -0.4 is 10.5 Å². The number of nitrogens with two attached hydrogens (primary N) is 1. The van der Waals surface area contributed by atoms with E-state index in [4.69, 9.17) is 10.5 Å². The highest BCUT2D eigenvalue weighted by Crippen LogP contribution is 2.15. The van der Waals surface area contributed by atoms with Gasteiger partial charge in [-0.1, -0.05) is 23.8 Å². The van der Waals surface area contributed by atoms with Gasteiger partial charge in [-0.25, -0.2) is 4.39 Å². The van der Waals surface area contributed by atoms with Gasteiger partial charge in [-0.15, -0.1) is 0 Å². The molecule has 0 fully saturated rings. The van der Waals surface area contributed by atoms with Crippen LogP contribution in [0.2, 0.25) is 0 Å². The van der Waals surface area contributed by atoms with Crippen molar-refractivity contribution in [2.24, 2.45) is 5.73 Å². The lowest BCUT2D eigenvalue weighted by Crippen LogP contribution is -2.02. The van der Waals surface area contributed by atoms with E-state index in [9.17, 15) is 4.39 Å². The zero-order valence-electron chi connectivity index (χ0n) is 10.3. The van der Waals surface area contributed by atoms with Crippen LogP contribution >= 0.6 is 0 Å². The second kappa shape index (κ2) is 5.65. The summed E-state index contributed by atoms with van der Waals surface area (Å²) in [4.78, 5) is 0. The molecular formula is C15H16FNO. The van der Waals surface area contributed by atoms with Crippen LogP contribution in [-0.4, -0.2) is 0 Å². The summed E-state index contributed by atoms with van der Waals surface area (Å²) in [7, 11) is 0. The summed E-state index contributed by atoms with van der Waals surface area (Å²) in [6.45, 7) is 2.64. The standard InChI is InChI=1S/C15H16FNO/c1-11-2-5-14(6-3-11)18-10-12-4-7-15(16)13(8-12)9-17/h2-8H,9-10,17H2,1H3. The lowest BCUT2D eigenvalue weighted by atomic mass is 10.1. The molecule has 0 unspecified atom stereocenters. The fourth-order valence-corrected chi connectivity index (χ4v) is 1.68. The Labute approximate surface area is 106 Å². The van der Waals surface area contributed by atoms with Gasteiger partial charge in [0.05, 0.1) is 0 Å². The second-order valence-electron chi connectivity index (χ2n) is 4.23. The van der Waals surface area contributed by atoms with Crippen LogP contribution in [0.1, 0.15) is 16.7 Å². The molecule has 0 amide bonds. The first kappa shape index (κ1) is 12.6. The Bertz CT molecular complexity index is 523. The average molecular weight is 245 g/mol. The van der Waals surface area contributed by atoms with E-state index in [2.05, 4.69) is 0 Å². The van der Waals surface area contributed by atoms with Gasteiger partial charge >= 0.3 is 0 Å². The Balaban J connectivity index is 2.04. The van der Waals surface area contributed by atoms with Crippen LogP contribution in [-0.2, 0) is 13.2 Å². The fraction of sp³-hybridized carbons (Fsp3) is 0.200. The molecule has 94 valence electrons. The van der Waals surface area contributed by atoms with Crippen molar-refractivity contribution < 1.29 is 9.13 Å². The summed E-state index contributed by atoms with van der Waals surface area (Å²) < 4.78 is 18.9. The van der Waals surface area contributed by atoms with E-state index in [1.807, 2.05) is 31.2 Å². The number of halogens is 1. The minimum atomic E-state index is -0.267. The Hall–Kier alpha value is -1.87. The Morgan fingerprint density at radius 1 is 1.11 bits per heavy atom. The first-order chi connectivity index (χ1) is 8.69. The quantitative estimate of drug-likeness (QED) is 0.898. The second-order valence-corrected chi connectivity index (χ2v) is 4.23. The van der Waals surface area contributed by atoms with Crippen LogP contribution in [0.15, 0.2) is 42.5 Å². The van der Waals surface area contributed by atoms with Crippen LogP contribution in [0, 0.1) is 12.7 Å². The highest BCUT2D eigenvalue weighted by Gasteiger charge is 2.02. The molecule has 0 aliphatic heterocycles. The zero-order valence-corrected chi connectivity index (χ0v) is 10.3. The molecule has 2 N–H and O–H groups in total. The minimum absolute atomic E-state index is 0.199. The van der Waals surface area contributed by atoms with Gasteiger partial charge in [0.15, 0.2) is 0 Å². The van der Waals surface area contributed by atoms with Gasteiger partial charge < -0.3 is 10.5 Å². The maximum Gasteiger partial charge on any atom is 0.127 e. The van der Waals surface area contributed by atoms with E-state index < -0.39 is 0 Å². The van der Waals surface area contributed by atoms with Gasteiger partial charge in [0, 0.05) is 12.1 Å². The first-order valence-corrected chi connectivity index (χ1v) is 5.86. The van der Waals surface area contributed by atoms with Crippen LogP contribution in [0.5, 0.6) is 5.75 Å². The average Bonchev–Trinajstić information content (AvgIpc) is 2.39. The molecule has 2 rings (SSSR count). The molecule has 0 bridgehead atoms. The Morgan fingerprint density at radius 2 is 1.83 bits per heavy atom. The van der Waals surface area contributed by atoms with E-state index in [-0.39, 0.29) is 12.4 Å². The molecular weight excluding hydrogens is 229 g/mol. The van der Waals surface area contributed by atoms with Crippen molar-refractivity contribution in [3.05, 3.63) is 65.0 Å². The zero-order chi connectivity index (χ0) is 13.0. The lowest BCUT2D eigenvalue weighted by Gasteiger charge is -2.08. The minimum Gasteiger partial charge on any atom is -0.489 e. The molecule has 0 aliphatic carbocycles. The summed E-state index contributed by atoms with van der Waals surface area (Å²) >= 11 is 0. The number of hydrogen-bond acceptors (Lipinski definition) is 2. The summed E-state index contributed by atoms with van der Waals surface area (Å²) in [5.74, 6) is 0.538. The van der Waals surface area contributed by atoms with Gasteiger partial charge in [0.1, 0.15) is 18.2 Å². The van der Waals surface area contributed by atoms with Crippen molar-refractivity contribution in [3.63, 3.8) is 0 Å². The highest BCUT2D eigenvalue weighted by molar-refractivity contribution is 5.28. The molecule has 2 aromatic carbocycles. The summed E-state index contributed by atoms with van der Waals surface area (Å²) in [6, 6.07) is 12.7. The molecule has 0 saturated heterocycles. The van der Waals surface area contributed by atoms with Crippen LogP contribution in [0.4, 0.5) is 4.39 Å². The van der Waals surface area contributed by atoms with Gasteiger partial charge in [0.25, 0.3) is 0 Å². The predicted molar refractivity (Wildman–Crippen MR) is 69.8 cm³/mol. The van der Waals surface area contributed by atoms with Crippen LogP contribution in [0.25, 0.3) is 0 Å². The first-order valence-electron chi connectivity index (χ1n) is 5.86. The summed E-state index contributed by atoms with van der Waals surface area (Å²) in [5.41, 5.74) is 8.08. The number of ether oxygens (including phenoxy) is 1. The van der Waals surface area contributed by atoms with Crippen molar-refractivity contribution in [3.8, 4) is 5.75 Å². The SMILES string of the molecule is Cc1ccc(OCc2ccc(F)c(CN)c2)cc1. The number of rotatable bonds is 4. The highest BCUT2D eigenvalue weighted by atomic mass is 19.1. The van der Waals surface area contributed by atoms with Crippen molar-refractivity contribution >= 4 is 0 Å². The van der Waals surface area contributed by atoms with Crippen molar-refractivity contribution in [1.29, 1.82) is 0 Å². The van der Waals surface area contributed by atoms with E-state index in [1.165, 1.54) is 11.6 Å². The van der Waals surface area contributed by atoms with Gasteiger partial charge in [0.2, 0.25) is 0 Å².